The summed E-state index contributed by atoms with van der Waals surface area (Å²) in [5, 5.41) is 58.4. The van der Waals surface area contributed by atoms with Crippen LogP contribution >= 0.6 is 15.6 Å². The number of aliphatic hydroxyl groups is 5. The number of H-pyrrole nitrogens is 1. The monoisotopic (exact) mass is 580 g/mol. The third-order valence-electron chi connectivity index (χ3n) is 4.70. The third kappa shape index (κ3) is 7.91. The Balaban J connectivity index is 2.27. The van der Waals surface area contributed by atoms with Crippen LogP contribution in [0.3, 0.4) is 0 Å². The largest absolute Gasteiger partial charge is 0.484 e. The van der Waals surface area contributed by atoms with Crippen LogP contribution in [0.25, 0.3) is 0 Å². The second-order valence-electron chi connectivity index (χ2n) is 7.35. The number of nitrogens with zero attached hydrogens (tertiary/aromatic N) is 1. The van der Waals surface area contributed by atoms with Gasteiger partial charge in [0.15, 0.2) is 18.6 Å². The summed E-state index contributed by atoms with van der Waals surface area (Å²) in [5.74, 6) is -2.23. The summed E-state index contributed by atoms with van der Waals surface area (Å²) in [7, 11) is -11.6. The normalized spacial score (nSPS) is 27.1. The van der Waals surface area contributed by atoms with Crippen molar-refractivity contribution in [2.24, 2.45) is 0 Å². The van der Waals surface area contributed by atoms with Crippen LogP contribution in [0.1, 0.15) is 6.23 Å². The lowest BCUT2D eigenvalue weighted by Crippen LogP contribution is -2.49. The number of hydrogen-bond acceptors (Lipinski definition) is 15. The number of carboxylic acids is 1. The number of carbonyl (C=O) groups excluding carboxylic acids is 1. The van der Waals surface area contributed by atoms with Crippen LogP contribution in [-0.4, -0.2) is 112 Å². The van der Waals surface area contributed by atoms with E-state index in [2.05, 4.69) is 13.4 Å². The van der Waals surface area contributed by atoms with Gasteiger partial charge in [-0.15, -0.1) is 0 Å². The number of phosphoric acid groups is 2. The predicted octanol–water partition coefficient (Wildman–Crippen LogP) is -4.86. The number of aliphatic carboxylic acids is 1. The number of hydrogen-bond donors (Lipinski definition) is 9. The summed E-state index contributed by atoms with van der Waals surface area (Å²) in [4.78, 5) is 65.1. The fraction of sp³-hybridized carbons (Fsp3) is 0.600. The minimum absolute atomic E-state index is 0.302. The number of carboxylic acid groups (broad SMARTS) is 1. The molecule has 0 aliphatic carbocycles. The van der Waals surface area contributed by atoms with Gasteiger partial charge in [0.1, 0.15) is 36.6 Å². The van der Waals surface area contributed by atoms with E-state index in [4.69, 9.17) is 14.5 Å². The average Bonchev–Trinajstić information content (AvgIpc) is 3.07. The Bertz CT molecular complexity index is 1180. The first kappa shape index (κ1) is 31.1. The highest BCUT2D eigenvalue weighted by molar-refractivity contribution is 7.61. The second kappa shape index (κ2) is 12.1. The first-order valence-corrected chi connectivity index (χ1v) is 12.7. The van der Waals surface area contributed by atoms with Crippen molar-refractivity contribution in [3.63, 3.8) is 0 Å². The highest BCUT2D eigenvalue weighted by atomic mass is 31.3. The molecule has 1 aliphatic heterocycles. The molecule has 2 heterocycles. The molecule has 1 aromatic rings. The van der Waals surface area contributed by atoms with Gasteiger partial charge < -0.3 is 50.0 Å². The SMILES string of the molecule is O=C[C@H](O)[C@@H](O)[C@H](O)[C@H](OP(=O)(OC[C@H]1O[C@@H](n2ccc(=O)[nH]c2=O)[C@H](O)[C@@H]1O)OP(=O)(O)O)C(=O)O. The predicted molar refractivity (Wildman–Crippen MR) is 111 cm³/mol. The van der Waals surface area contributed by atoms with E-state index in [1.165, 1.54) is 0 Å². The molecule has 22 heteroatoms. The summed E-state index contributed by atoms with van der Waals surface area (Å²) in [6, 6.07) is 0.872. The Morgan fingerprint density at radius 2 is 1.78 bits per heavy atom. The van der Waals surface area contributed by atoms with E-state index < -0.39 is 88.4 Å². The van der Waals surface area contributed by atoms with Crippen LogP contribution in [0.2, 0.25) is 0 Å². The van der Waals surface area contributed by atoms with Crippen molar-refractivity contribution in [3.05, 3.63) is 33.1 Å². The highest BCUT2D eigenvalue weighted by Crippen LogP contribution is 2.62. The lowest BCUT2D eigenvalue weighted by Gasteiger charge is -2.28. The van der Waals surface area contributed by atoms with Gasteiger partial charge in [0.05, 0.1) is 6.61 Å². The molecule has 9 N–H and O–H groups in total. The van der Waals surface area contributed by atoms with Crippen molar-refractivity contribution in [2.75, 3.05) is 6.61 Å². The second-order valence-corrected chi connectivity index (χ2v) is 10.3. The maximum Gasteiger partial charge on any atom is 0.484 e. The summed E-state index contributed by atoms with van der Waals surface area (Å²) in [6.45, 7) is -1.22. The van der Waals surface area contributed by atoms with Crippen LogP contribution in [0.4, 0.5) is 0 Å². The molecule has 0 spiro atoms. The molecule has 0 saturated carbocycles. The highest BCUT2D eigenvalue weighted by Gasteiger charge is 2.49. The van der Waals surface area contributed by atoms with Crippen molar-refractivity contribution in [1.29, 1.82) is 0 Å². The lowest BCUT2D eigenvalue weighted by atomic mass is 10.0. The number of aldehydes is 1. The minimum atomic E-state index is -5.80. The molecule has 2 rings (SSSR count). The molecule has 0 bridgehead atoms. The first-order chi connectivity index (χ1) is 17.0. The Kier molecular flexibility index (Phi) is 10.2. The summed E-state index contributed by atoms with van der Waals surface area (Å²) < 4.78 is 42.9. The molecule has 0 amide bonds. The Hall–Kier alpha value is -2.16. The van der Waals surface area contributed by atoms with Crippen LogP contribution in [0.15, 0.2) is 21.9 Å². The van der Waals surface area contributed by atoms with Gasteiger partial charge in [-0.2, -0.15) is 4.31 Å². The van der Waals surface area contributed by atoms with E-state index >= 15 is 0 Å². The van der Waals surface area contributed by atoms with Crippen LogP contribution < -0.4 is 11.2 Å². The minimum Gasteiger partial charge on any atom is -0.479 e. The molecule has 20 nitrogen and oxygen atoms in total. The standard InChI is InChI=1S/C15H22N2O18P2/c18-3-5(19)8(21)10(23)12(14(25)26)34-37(31,35-36(28,29)30)32-4-6-9(22)11(24)13(33-6)17-2-1-7(20)16-15(17)27/h1-3,5-6,8-13,19,21-24H,4H2,(H,25,26)(H,16,20,27)(H2,28,29,30)/t5-,6+,8+,9+,10-,11+,12-,13+,37?/m0/s1. The van der Waals surface area contributed by atoms with Gasteiger partial charge in [0, 0.05) is 12.3 Å². The average molecular weight is 580 g/mol. The zero-order valence-corrected chi connectivity index (χ0v) is 19.8. The molecule has 1 saturated heterocycles. The molecule has 9 atom stereocenters. The van der Waals surface area contributed by atoms with Crippen molar-refractivity contribution in [2.45, 2.75) is 49.0 Å². The van der Waals surface area contributed by atoms with Gasteiger partial charge in [-0.25, -0.2) is 18.7 Å². The maximum absolute atomic E-state index is 12.9. The smallest absolute Gasteiger partial charge is 0.479 e. The quantitative estimate of drug-likeness (QED) is 0.0780. The Labute approximate surface area is 204 Å². The molecular formula is C15H22N2O18P2. The number of nitrogens with one attached hydrogen (secondary N) is 1. The number of carbonyl (C=O) groups is 2. The van der Waals surface area contributed by atoms with E-state index in [9.17, 15) is 58.9 Å². The van der Waals surface area contributed by atoms with E-state index in [0.29, 0.717) is 4.57 Å². The van der Waals surface area contributed by atoms with Crippen LogP contribution in [0.5, 0.6) is 0 Å². The van der Waals surface area contributed by atoms with E-state index in [-0.39, 0.29) is 6.29 Å². The number of ether oxygens (including phenoxy) is 1. The molecule has 1 aliphatic rings. The zero-order chi connectivity index (χ0) is 28.3. The van der Waals surface area contributed by atoms with Gasteiger partial charge >= 0.3 is 27.3 Å². The van der Waals surface area contributed by atoms with Gasteiger partial charge in [0.2, 0.25) is 0 Å². The molecule has 210 valence electrons. The number of aromatic amines is 1. The van der Waals surface area contributed by atoms with Gasteiger partial charge in [-0.05, 0) is 0 Å². The van der Waals surface area contributed by atoms with Gasteiger partial charge in [-0.1, -0.05) is 0 Å². The maximum atomic E-state index is 12.9. The number of rotatable bonds is 13. The topological polar surface area (TPSA) is 322 Å². The fourth-order valence-corrected chi connectivity index (χ4v) is 5.21. The van der Waals surface area contributed by atoms with E-state index in [1.54, 1.807) is 0 Å². The summed E-state index contributed by atoms with van der Waals surface area (Å²) in [5.41, 5.74) is -1.87. The van der Waals surface area contributed by atoms with Crippen molar-refractivity contribution >= 4 is 27.9 Å². The van der Waals surface area contributed by atoms with Crippen molar-refractivity contribution in [3.8, 4) is 0 Å². The van der Waals surface area contributed by atoms with Crippen molar-refractivity contribution < 1.29 is 77.2 Å². The van der Waals surface area contributed by atoms with Crippen LogP contribution in [-0.2, 0) is 36.8 Å². The Morgan fingerprint density at radius 3 is 2.30 bits per heavy atom. The molecule has 1 unspecified atom stereocenters. The molecule has 0 radical (unpaired) electrons. The fourth-order valence-electron chi connectivity index (χ4n) is 2.95. The number of aliphatic hydroxyl groups excluding tert-OH is 5. The van der Waals surface area contributed by atoms with Crippen molar-refractivity contribution in [1.82, 2.24) is 9.55 Å². The summed E-state index contributed by atoms with van der Waals surface area (Å²) in [6.07, 6.45) is -17.1. The van der Waals surface area contributed by atoms with Gasteiger partial charge in [-0.3, -0.25) is 23.4 Å². The van der Waals surface area contributed by atoms with Crippen LogP contribution in [0, 0.1) is 0 Å². The number of aromatic nitrogens is 2. The van der Waals surface area contributed by atoms with Gasteiger partial charge in [0.25, 0.3) is 5.56 Å². The van der Waals surface area contributed by atoms with E-state index in [0.717, 1.165) is 12.3 Å². The molecule has 0 aromatic carbocycles. The third-order valence-corrected chi connectivity index (χ3v) is 7.30. The molecule has 37 heavy (non-hydrogen) atoms. The zero-order valence-electron chi connectivity index (χ0n) is 18.1. The number of phosphoric ester groups is 1. The summed E-state index contributed by atoms with van der Waals surface area (Å²) >= 11 is 0. The first-order valence-electron chi connectivity index (χ1n) is 9.75. The molecular weight excluding hydrogens is 558 g/mol. The lowest BCUT2D eigenvalue weighted by molar-refractivity contribution is -0.162. The molecule has 1 fully saturated rings. The van der Waals surface area contributed by atoms with E-state index in [1.807, 2.05) is 4.98 Å². The molecule has 1 aromatic heterocycles. The Morgan fingerprint density at radius 1 is 1.16 bits per heavy atom.